The smallest absolute Gasteiger partial charge is 0.265 e. The van der Waals surface area contributed by atoms with Crippen LogP contribution in [0.15, 0.2) is 82.0 Å². The van der Waals surface area contributed by atoms with Crippen molar-refractivity contribution in [3.05, 3.63) is 82.1 Å². The molecule has 6 rings (SSSR count). The van der Waals surface area contributed by atoms with E-state index in [0.717, 1.165) is 42.0 Å². The number of thiazole rings is 1. The molecule has 2 N–H and O–H groups in total. The van der Waals surface area contributed by atoms with Gasteiger partial charge in [0.15, 0.2) is 6.54 Å². The van der Waals surface area contributed by atoms with Crippen LogP contribution < -0.4 is 9.47 Å². The van der Waals surface area contributed by atoms with E-state index in [0.29, 0.717) is 13.1 Å². The normalized spacial score (nSPS) is 14.8. The SMILES string of the molecule is O=S(=O)(O)CCCN1C(=Cc2sc3ccccc3[n+]2CCCS(=O)(=O)O)Sc2ccc(-c3cccc4sccc34)cc21. The van der Waals surface area contributed by atoms with Crippen LogP contribution in [0.2, 0.25) is 0 Å². The van der Waals surface area contributed by atoms with Gasteiger partial charge < -0.3 is 4.90 Å². The minimum absolute atomic E-state index is 0.237. The van der Waals surface area contributed by atoms with E-state index >= 15 is 0 Å². The number of nitrogens with zero attached hydrogens (tertiary/aromatic N) is 2. The van der Waals surface area contributed by atoms with Gasteiger partial charge in [0.25, 0.3) is 25.2 Å². The van der Waals surface area contributed by atoms with Gasteiger partial charge in [0.1, 0.15) is 4.70 Å². The van der Waals surface area contributed by atoms with Crippen LogP contribution in [0.4, 0.5) is 5.69 Å². The van der Waals surface area contributed by atoms with Crippen molar-refractivity contribution in [3.8, 4) is 11.1 Å². The van der Waals surface area contributed by atoms with Gasteiger partial charge in [-0.25, -0.2) is 0 Å². The highest BCUT2D eigenvalue weighted by Crippen LogP contribution is 2.49. The topological polar surface area (TPSA) is 116 Å². The lowest BCUT2D eigenvalue weighted by Gasteiger charge is -2.20. The van der Waals surface area contributed by atoms with Crippen molar-refractivity contribution in [3.63, 3.8) is 0 Å². The van der Waals surface area contributed by atoms with Crippen LogP contribution in [0.25, 0.3) is 37.5 Å². The summed E-state index contributed by atoms with van der Waals surface area (Å²) in [4.78, 5) is 3.13. The fourth-order valence-electron chi connectivity index (χ4n) is 5.16. The molecule has 8 nitrogen and oxygen atoms in total. The molecule has 0 unspecified atom stereocenters. The van der Waals surface area contributed by atoms with E-state index in [1.54, 1.807) is 34.4 Å². The first kappa shape index (κ1) is 29.3. The number of thioether (sulfide) groups is 1. The maximum Gasteiger partial charge on any atom is 0.265 e. The summed E-state index contributed by atoms with van der Waals surface area (Å²) in [6.07, 6.45) is 2.54. The Morgan fingerprint density at radius 3 is 2.43 bits per heavy atom. The molecule has 0 bridgehead atoms. The number of hydrogen-bond acceptors (Lipinski definition) is 8. The van der Waals surface area contributed by atoms with Crippen molar-refractivity contribution in [2.75, 3.05) is 23.0 Å². The number of rotatable bonds is 10. The Balaban J connectivity index is 1.40. The van der Waals surface area contributed by atoms with Crippen LogP contribution in [0.3, 0.4) is 0 Å². The van der Waals surface area contributed by atoms with Crippen molar-refractivity contribution in [2.45, 2.75) is 24.3 Å². The Hall–Kier alpha value is -2.78. The number of hydrogen-bond donors (Lipinski definition) is 2. The maximum absolute atomic E-state index is 11.5. The average molecular weight is 660 g/mol. The highest BCUT2D eigenvalue weighted by Gasteiger charge is 2.29. The molecule has 218 valence electrons. The fourth-order valence-corrected chi connectivity index (χ4v) is 9.26. The molecule has 0 saturated carbocycles. The zero-order valence-electron chi connectivity index (χ0n) is 22.2. The van der Waals surface area contributed by atoms with Crippen molar-refractivity contribution in [2.24, 2.45) is 0 Å². The second-order valence-electron chi connectivity index (χ2n) is 9.90. The molecule has 0 spiro atoms. The van der Waals surface area contributed by atoms with Crippen LogP contribution in [0, 0.1) is 0 Å². The highest BCUT2D eigenvalue weighted by atomic mass is 32.2. The van der Waals surface area contributed by atoms with Crippen molar-refractivity contribution >= 4 is 86.7 Å². The van der Waals surface area contributed by atoms with E-state index in [1.807, 2.05) is 30.3 Å². The zero-order chi connectivity index (χ0) is 29.5. The van der Waals surface area contributed by atoms with Crippen molar-refractivity contribution in [1.82, 2.24) is 0 Å². The number of para-hydroxylation sites is 1. The molecule has 13 heteroatoms. The maximum atomic E-state index is 11.5. The van der Waals surface area contributed by atoms with Gasteiger partial charge in [-0.3, -0.25) is 9.11 Å². The Labute approximate surface area is 256 Å². The molecule has 0 amide bonds. The molecule has 1 aliphatic rings. The highest BCUT2D eigenvalue weighted by molar-refractivity contribution is 8.04. The molecule has 0 radical (unpaired) electrons. The summed E-state index contributed by atoms with van der Waals surface area (Å²) in [5.41, 5.74) is 4.11. The third-order valence-corrected chi connectivity index (χ3v) is 11.7. The van der Waals surface area contributed by atoms with Crippen LogP contribution in [0.1, 0.15) is 17.8 Å². The first-order chi connectivity index (χ1) is 20.1. The second kappa shape index (κ2) is 11.7. The standard InChI is InChI=1S/C29H26N2O6S5/c32-41(33,34)16-4-13-30-23-7-1-2-8-26(23)39-28(30)19-29-31(14-5-17-42(35,36)37)24-18-20(10-11-27(24)40-29)21-6-3-9-25-22(21)12-15-38-25/h1-3,6-12,15,18-19H,4-5,13-14,16-17H2,(H-,32,33,34,35,36,37)/p+1. The van der Waals surface area contributed by atoms with Crippen LogP contribution in [-0.2, 0) is 26.8 Å². The lowest BCUT2D eigenvalue weighted by atomic mass is 10.0. The summed E-state index contributed by atoms with van der Waals surface area (Å²) in [6, 6.07) is 22.6. The fraction of sp³-hybridized carbons (Fsp3) is 0.207. The number of thiophene rings is 1. The van der Waals surface area contributed by atoms with Crippen molar-refractivity contribution < 1.29 is 30.5 Å². The van der Waals surface area contributed by atoms with E-state index < -0.39 is 20.2 Å². The Morgan fingerprint density at radius 2 is 1.62 bits per heavy atom. The number of benzene rings is 3. The number of anilines is 1. The van der Waals surface area contributed by atoms with Crippen LogP contribution >= 0.6 is 34.4 Å². The number of aryl methyl sites for hydroxylation is 1. The lowest BCUT2D eigenvalue weighted by Crippen LogP contribution is -2.36. The molecular weight excluding hydrogens is 633 g/mol. The van der Waals surface area contributed by atoms with Gasteiger partial charge in [0.05, 0.1) is 28.3 Å². The van der Waals surface area contributed by atoms with E-state index in [2.05, 4.69) is 57.3 Å². The monoisotopic (exact) mass is 659 g/mol. The minimum atomic E-state index is -4.11. The molecule has 0 fully saturated rings. The zero-order valence-corrected chi connectivity index (χ0v) is 26.3. The van der Waals surface area contributed by atoms with Gasteiger partial charge in [-0.2, -0.15) is 21.4 Å². The molecule has 3 heterocycles. The van der Waals surface area contributed by atoms with Gasteiger partial charge in [-0.1, -0.05) is 53.4 Å². The predicted octanol–water partition coefficient (Wildman–Crippen LogP) is 6.54. The molecule has 3 aromatic carbocycles. The van der Waals surface area contributed by atoms with E-state index in [-0.39, 0.29) is 24.3 Å². The van der Waals surface area contributed by atoms with Crippen molar-refractivity contribution in [1.29, 1.82) is 0 Å². The third-order valence-electron chi connectivity index (χ3n) is 6.99. The Kier molecular flexibility index (Phi) is 8.17. The van der Waals surface area contributed by atoms with Gasteiger partial charge in [-0.05, 0) is 53.3 Å². The first-order valence-corrected chi connectivity index (χ1v) is 18.9. The average Bonchev–Trinajstić information content (AvgIpc) is 3.63. The van der Waals surface area contributed by atoms with E-state index in [1.165, 1.54) is 10.1 Å². The number of fused-ring (bicyclic) bond motifs is 3. The first-order valence-electron chi connectivity index (χ1n) is 13.2. The van der Waals surface area contributed by atoms with E-state index in [4.69, 9.17) is 0 Å². The molecule has 2 aromatic heterocycles. The van der Waals surface area contributed by atoms with Gasteiger partial charge in [0.2, 0.25) is 5.52 Å². The molecule has 0 atom stereocenters. The lowest BCUT2D eigenvalue weighted by molar-refractivity contribution is -0.668. The van der Waals surface area contributed by atoms with E-state index in [9.17, 15) is 25.9 Å². The Bertz CT molecular complexity index is 2050. The second-order valence-corrected chi connectivity index (χ2v) is 16.1. The quantitative estimate of drug-likeness (QED) is 0.128. The largest absolute Gasteiger partial charge is 0.335 e. The molecule has 0 saturated heterocycles. The summed E-state index contributed by atoms with van der Waals surface area (Å²) < 4.78 is 68.8. The summed E-state index contributed by atoms with van der Waals surface area (Å²) in [6.45, 7) is 0.781. The summed E-state index contributed by atoms with van der Waals surface area (Å²) in [7, 11) is -8.19. The molecule has 5 aromatic rings. The Morgan fingerprint density at radius 1 is 0.857 bits per heavy atom. The number of aromatic nitrogens is 1. The summed E-state index contributed by atoms with van der Waals surface area (Å²) in [5.74, 6) is -0.676. The van der Waals surface area contributed by atoms with Crippen LogP contribution in [-0.4, -0.2) is 44.0 Å². The third kappa shape index (κ3) is 6.42. The van der Waals surface area contributed by atoms with Crippen LogP contribution in [0.5, 0.6) is 0 Å². The summed E-state index contributed by atoms with van der Waals surface area (Å²) in [5, 5.41) is 5.07. The molecule has 1 aliphatic heterocycles. The molecule has 42 heavy (non-hydrogen) atoms. The van der Waals surface area contributed by atoms with Gasteiger partial charge >= 0.3 is 0 Å². The molecular formula is C29H27N2O6S5+. The molecule has 0 aliphatic carbocycles. The summed E-state index contributed by atoms with van der Waals surface area (Å²) >= 11 is 4.86. The minimum Gasteiger partial charge on any atom is -0.335 e. The predicted molar refractivity (Wildman–Crippen MR) is 173 cm³/mol. The van der Waals surface area contributed by atoms with Gasteiger partial charge in [-0.15, -0.1) is 11.3 Å². The van der Waals surface area contributed by atoms with Gasteiger partial charge in [0, 0.05) is 34.0 Å².